The molecule has 0 saturated heterocycles. The van der Waals surface area contributed by atoms with E-state index in [0.29, 0.717) is 6.61 Å². The molecule has 53 heavy (non-hydrogen) atoms. The molecule has 1 N–H and O–H groups in total. The van der Waals surface area contributed by atoms with Crippen LogP contribution in [0.1, 0.15) is 202 Å². The number of esters is 2. The highest BCUT2D eigenvalue weighted by atomic mass is 16.6. The number of hydrogen-bond acceptors (Lipinski definition) is 6. The van der Waals surface area contributed by atoms with Crippen molar-refractivity contribution in [2.75, 3.05) is 13.2 Å². The largest absolute Gasteiger partial charge is 0.466 e. The zero-order valence-corrected chi connectivity index (χ0v) is 34.9. The zero-order chi connectivity index (χ0) is 39.1. The summed E-state index contributed by atoms with van der Waals surface area (Å²) in [4.78, 5) is 37.7. The fourth-order valence-electron chi connectivity index (χ4n) is 5.67. The van der Waals surface area contributed by atoms with Gasteiger partial charge in [0.1, 0.15) is 11.6 Å². The number of ether oxygens (including phenoxy) is 3. The second kappa shape index (κ2) is 37.5. The zero-order valence-electron chi connectivity index (χ0n) is 34.9. The van der Waals surface area contributed by atoms with Crippen LogP contribution in [-0.2, 0) is 23.8 Å². The molecule has 306 valence electrons. The van der Waals surface area contributed by atoms with Gasteiger partial charge in [0.05, 0.1) is 13.2 Å². The number of alkyl carbamates (subject to hydrolysis) is 1. The molecule has 0 aromatic heterocycles. The highest BCUT2D eigenvalue weighted by Gasteiger charge is 2.26. The van der Waals surface area contributed by atoms with Crippen LogP contribution in [0.4, 0.5) is 4.79 Å². The molecule has 1 amide bonds. The summed E-state index contributed by atoms with van der Waals surface area (Å²) >= 11 is 0. The number of unbranched alkanes of at least 4 members (excludes halogenated alkanes) is 18. The minimum atomic E-state index is -0.969. The molecule has 0 aliphatic rings. The minimum absolute atomic E-state index is 0.0165. The monoisotopic (exact) mass is 744 g/mol. The van der Waals surface area contributed by atoms with E-state index < -0.39 is 23.7 Å². The lowest BCUT2D eigenvalue weighted by atomic mass is 10.1. The average molecular weight is 744 g/mol. The number of rotatable bonds is 35. The molecule has 0 saturated carbocycles. The quantitative estimate of drug-likeness (QED) is 0.0301. The summed E-state index contributed by atoms with van der Waals surface area (Å²) in [5.74, 6) is -0.919. The SMILES string of the molecule is CCCCC/C=C\C/C=C\CCCCCCCCOC(=O)CC[C@H](NC(=O)OC(C)(C)C)C(=O)OCCCCCCCC/C=C\C/C=C\CCCCC. The molecule has 0 bridgehead atoms. The van der Waals surface area contributed by atoms with Crippen LogP contribution in [0, 0.1) is 0 Å². The van der Waals surface area contributed by atoms with Crippen molar-refractivity contribution in [1.29, 1.82) is 0 Å². The smallest absolute Gasteiger partial charge is 0.408 e. The molecular formula is C46H81NO6. The number of carbonyl (C=O) groups is 3. The molecule has 0 unspecified atom stereocenters. The molecule has 7 heteroatoms. The van der Waals surface area contributed by atoms with Crippen molar-refractivity contribution >= 4 is 18.0 Å². The van der Waals surface area contributed by atoms with Gasteiger partial charge in [0.2, 0.25) is 0 Å². The van der Waals surface area contributed by atoms with Gasteiger partial charge >= 0.3 is 18.0 Å². The number of hydrogen-bond donors (Lipinski definition) is 1. The van der Waals surface area contributed by atoms with E-state index in [-0.39, 0.29) is 25.4 Å². The highest BCUT2D eigenvalue weighted by molar-refractivity contribution is 5.82. The van der Waals surface area contributed by atoms with Crippen LogP contribution in [0.15, 0.2) is 48.6 Å². The second-order valence-corrected chi connectivity index (χ2v) is 15.3. The summed E-state index contributed by atoms with van der Waals surface area (Å²) in [5, 5.41) is 2.60. The van der Waals surface area contributed by atoms with Gasteiger partial charge in [0.15, 0.2) is 0 Å². The van der Waals surface area contributed by atoms with Crippen molar-refractivity contribution in [3.8, 4) is 0 Å². The molecule has 0 radical (unpaired) electrons. The summed E-state index contributed by atoms with van der Waals surface area (Å²) in [5.41, 5.74) is -0.708. The van der Waals surface area contributed by atoms with Gasteiger partial charge < -0.3 is 19.5 Å². The third-order valence-electron chi connectivity index (χ3n) is 8.81. The fraction of sp³-hybridized carbons (Fsp3) is 0.761. The van der Waals surface area contributed by atoms with Crippen molar-refractivity contribution < 1.29 is 28.6 Å². The first-order chi connectivity index (χ1) is 25.7. The van der Waals surface area contributed by atoms with Crippen LogP contribution in [-0.4, -0.2) is 42.9 Å². The molecule has 0 aliphatic heterocycles. The summed E-state index contributed by atoms with van der Waals surface area (Å²) in [6.07, 6.45) is 45.2. The van der Waals surface area contributed by atoms with Gasteiger partial charge in [-0.15, -0.1) is 0 Å². The summed E-state index contributed by atoms with van der Waals surface area (Å²) < 4.78 is 16.3. The Kier molecular flexibility index (Phi) is 35.5. The highest BCUT2D eigenvalue weighted by Crippen LogP contribution is 2.12. The predicted molar refractivity (Wildman–Crippen MR) is 223 cm³/mol. The van der Waals surface area contributed by atoms with Gasteiger partial charge in [-0.1, -0.05) is 140 Å². The van der Waals surface area contributed by atoms with Gasteiger partial charge in [-0.05, 0) is 104 Å². The van der Waals surface area contributed by atoms with Gasteiger partial charge in [-0.2, -0.15) is 0 Å². The first-order valence-electron chi connectivity index (χ1n) is 21.6. The minimum Gasteiger partial charge on any atom is -0.466 e. The van der Waals surface area contributed by atoms with Gasteiger partial charge in [0, 0.05) is 6.42 Å². The van der Waals surface area contributed by atoms with Crippen LogP contribution < -0.4 is 5.32 Å². The standard InChI is InChI=1S/C46H81NO6/c1-6-8-10-12-14-16-18-20-22-24-26-28-30-32-34-36-40-51-43(48)39-38-42(47-45(50)53-46(3,4)5)44(49)52-41-37-35-33-31-29-27-25-23-21-19-17-15-13-11-9-7-2/h14-17,20-23,42H,6-13,18-19,24-41H2,1-5H3,(H,47,50)/b16-14-,17-15-,22-20-,23-21-/t42-/m0/s1. The van der Waals surface area contributed by atoms with Crippen molar-refractivity contribution in [3.63, 3.8) is 0 Å². The maximum atomic E-state index is 12.9. The van der Waals surface area contributed by atoms with E-state index in [0.717, 1.165) is 64.2 Å². The molecule has 0 aromatic carbocycles. The molecule has 1 atom stereocenters. The number of allylic oxidation sites excluding steroid dienone is 8. The Hall–Kier alpha value is -2.83. The van der Waals surface area contributed by atoms with Gasteiger partial charge in [-0.25, -0.2) is 9.59 Å². The summed E-state index contributed by atoms with van der Waals surface area (Å²) in [6, 6.07) is -0.969. The van der Waals surface area contributed by atoms with Gasteiger partial charge in [0.25, 0.3) is 0 Å². The molecule has 0 spiro atoms. The van der Waals surface area contributed by atoms with E-state index in [1.165, 1.54) is 89.9 Å². The maximum Gasteiger partial charge on any atom is 0.408 e. The molecule has 0 fully saturated rings. The van der Waals surface area contributed by atoms with Crippen LogP contribution in [0.25, 0.3) is 0 Å². The molecule has 0 heterocycles. The second-order valence-electron chi connectivity index (χ2n) is 15.3. The Morgan fingerprint density at radius 1 is 0.528 bits per heavy atom. The fourth-order valence-corrected chi connectivity index (χ4v) is 5.67. The summed E-state index contributed by atoms with van der Waals surface area (Å²) in [7, 11) is 0. The number of nitrogens with one attached hydrogen (secondary N) is 1. The van der Waals surface area contributed by atoms with E-state index in [1.54, 1.807) is 20.8 Å². The number of carbonyl (C=O) groups excluding carboxylic acids is 3. The van der Waals surface area contributed by atoms with E-state index in [1.807, 2.05) is 0 Å². The van der Waals surface area contributed by atoms with Gasteiger partial charge in [-0.3, -0.25) is 4.79 Å². The summed E-state index contributed by atoms with van der Waals surface area (Å²) in [6.45, 7) is 10.4. The van der Waals surface area contributed by atoms with E-state index in [9.17, 15) is 14.4 Å². The van der Waals surface area contributed by atoms with E-state index in [4.69, 9.17) is 14.2 Å². The average Bonchev–Trinajstić information content (AvgIpc) is 3.11. The van der Waals surface area contributed by atoms with Crippen LogP contribution in [0.2, 0.25) is 0 Å². The first kappa shape index (κ1) is 50.2. The molecule has 0 rings (SSSR count). The molecule has 0 aromatic rings. The maximum absolute atomic E-state index is 12.9. The topological polar surface area (TPSA) is 90.9 Å². The molecule has 0 aliphatic carbocycles. The lowest BCUT2D eigenvalue weighted by molar-refractivity contribution is -0.147. The lowest BCUT2D eigenvalue weighted by Crippen LogP contribution is -2.44. The van der Waals surface area contributed by atoms with Crippen molar-refractivity contribution in [2.45, 2.75) is 213 Å². The van der Waals surface area contributed by atoms with Crippen molar-refractivity contribution in [3.05, 3.63) is 48.6 Å². The molecular weight excluding hydrogens is 663 g/mol. The third kappa shape index (κ3) is 38.7. The van der Waals surface area contributed by atoms with E-state index >= 15 is 0 Å². The Balaban J connectivity index is 4.14. The Labute approximate surface area is 326 Å². The Morgan fingerprint density at radius 3 is 1.36 bits per heavy atom. The Bertz CT molecular complexity index is 992. The van der Waals surface area contributed by atoms with Crippen LogP contribution in [0.3, 0.4) is 0 Å². The van der Waals surface area contributed by atoms with Crippen molar-refractivity contribution in [1.82, 2.24) is 5.32 Å². The normalized spacial score (nSPS) is 12.7. The predicted octanol–water partition coefficient (Wildman–Crippen LogP) is 13.4. The Morgan fingerprint density at radius 2 is 0.925 bits per heavy atom. The number of amides is 1. The first-order valence-corrected chi connectivity index (χ1v) is 21.6. The molecule has 7 nitrogen and oxygen atoms in total. The van der Waals surface area contributed by atoms with Crippen LogP contribution in [0.5, 0.6) is 0 Å². The van der Waals surface area contributed by atoms with Crippen molar-refractivity contribution in [2.24, 2.45) is 0 Å². The van der Waals surface area contributed by atoms with Crippen LogP contribution >= 0.6 is 0 Å². The van der Waals surface area contributed by atoms with E-state index in [2.05, 4.69) is 67.8 Å². The lowest BCUT2D eigenvalue weighted by Gasteiger charge is -2.23. The third-order valence-corrected chi connectivity index (χ3v) is 8.81.